The van der Waals surface area contributed by atoms with Gasteiger partial charge in [-0.15, -0.1) is 0 Å². The van der Waals surface area contributed by atoms with Crippen molar-refractivity contribution in [3.8, 4) is 5.75 Å². The van der Waals surface area contributed by atoms with Crippen LogP contribution in [-0.2, 0) is 9.59 Å². The van der Waals surface area contributed by atoms with Crippen molar-refractivity contribution < 1.29 is 14.3 Å². The highest BCUT2D eigenvalue weighted by Gasteiger charge is 2.27. The quantitative estimate of drug-likeness (QED) is 0.906. The molecule has 1 aromatic rings. The van der Waals surface area contributed by atoms with E-state index in [0.29, 0.717) is 23.9 Å². The zero-order valence-corrected chi connectivity index (χ0v) is 12.1. The fraction of sp³-hybridized carbons (Fsp3) is 0.467. The molecule has 5 heteroatoms. The zero-order chi connectivity index (χ0) is 14.7. The van der Waals surface area contributed by atoms with Crippen LogP contribution in [0.3, 0.4) is 0 Å². The number of aryl methyl sites for hydroxylation is 1. The predicted octanol–water partition coefficient (Wildman–Crippen LogP) is 1.49. The van der Waals surface area contributed by atoms with E-state index in [9.17, 15) is 9.59 Å². The Balaban J connectivity index is 2.13. The molecule has 0 spiro atoms. The number of anilines is 1. The smallest absolute Gasteiger partial charge is 0.265 e. The average molecular weight is 276 g/mol. The summed E-state index contributed by atoms with van der Waals surface area (Å²) in [6.45, 7) is 6.62. The van der Waals surface area contributed by atoms with Crippen LogP contribution >= 0.6 is 0 Å². The summed E-state index contributed by atoms with van der Waals surface area (Å²) in [6, 6.07) is 5.61. The summed E-state index contributed by atoms with van der Waals surface area (Å²) in [7, 11) is 0. The van der Waals surface area contributed by atoms with Crippen LogP contribution in [0, 0.1) is 12.8 Å². The number of rotatable bonds is 4. The van der Waals surface area contributed by atoms with Crippen LogP contribution in [0.15, 0.2) is 18.2 Å². The first-order valence-electron chi connectivity index (χ1n) is 6.78. The number of fused-ring (bicyclic) bond motifs is 1. The van der Waals surface area contributed by atoms with Crippen molar-refractivity contribution >= 4 is 17.5 Å². The van der Waals surface area contributed by atoms with Gasteiger partial charge >= 0.3 is 0 Å². The molecule has 2 rings (SSSR count). The highest BCUT2D eigenvalue weighted by Crippen LogP contribution is 2.32. The molecule has 2 amide bonds. The summed E-state index contributed by atoms with van der Waals surface area (Å²) in [6.07, 6.45) is 0. The number of benzene rings is 1. The van der Waals surface area contributed by atoms with Gasteiger partial charge in [-0.25, -0.2) is 0 Å². The summed E-state index contributed by atoms with van der Waals surface area (Å²) >= 11 is 0. The van der Waals surface area contributed by atoms with Crippen LogP contribution in [0.4, 0.5) is 5.69 Å². The number of carbonyl (C=O) groups is 2. The minimum absolute atomic E-state index is 0.0203. The molecule has 1 aromatic carbocycles. The third-order valence-electron chi connectivity index (χ3n) is 3.07. The van der Waals surface area contributed by atoms with Gasteiger partial charge in [-0.2, -0.15) is 0 Å². The molecule has 0 unspecified atom stereocenters. The van der Waals surface area contributed by atoms with Gasteiger partial charge < -0.3 is 10.1 Å². The van der Waals surface area contributed by atoms with E-state index in [1.165, 1.54) is 4.90 Å². The largest absolute Gasteiger partial charge is 0.482 e. The van der Waals surface area contributed by atoms with Crippen molar-refractivity contribution in [3.05, 3.63) is 23.8 Å². The summed E-state index contributed by atoms with van der Waals surface area (Å²) in [5.74, 6) is 0.685. The molecule has 0 saturated heterocycles. The van der Waals surface area contributed by atoms with Crippen molar-refractivity contribution in [2.75, 3.05) is 24.6 Å². The van der Waals surface area contributed by atoms with Gasteiger partial charge in [0.05, 0.1) is 5.69 Å². The molecule has 5 nitrogen and oxygen atoms in total. The molecule has 0 aliphatic carbocycles. The van der Waals surface area contributed by atoms with Crippen molar-refractivity contribution in [3.63, 3.8) is 0 Å². The second kappa shape index (κ2) is 5.94. The van der Waals surface area contributed by atoms with Crippen LogP contribution in [0.5, 0.6) is 5.75 Å². The van der Waals surface area contributed by atoms with E-state index in [4.69, 9.17) is 4.74 Å². The Bertz CT molecular complexity index is 526. The predicted molar refractivity (Wildman–Crippen MR) is 76.9 cm³/mol. The van der Waals surface area contributed by atoms with Gasteiger partial charge in [0.2, 0.25) is 5.91 Å². The maximum absolute atomic E-state index is 12.0. The van der Waals surface area contributed by atoms with Gasteiger partial charge in [0.15, 0.2) is 6.61 Å². The maximum Gasteiger partial charge on any atom is 0.265 e. The molecule has 1 N–H and O–H groups in total. The Hall–Kier alpha value is -2.04. The number of hydrogen-bond acceptors (Lipinski definition) is 3. The third-order valence-corrected chi connectivity index (χ3v) is 3.07. The number of nitrogens with zero attached hydrogens (tertiary/aromatic N) is 1. The van der Waals surface area contributed by atoms with Crippen LogP contribution < -0.4 is 15.0 Å². The summed E-state index contributed by atoms with van der Waals surface area (Å²) in [5, 5.41) is 2.82. The Labute approximate surface area is 118 Å². The molecule has 0 fully saturated rings. The minimum atomic E-state index is -0.192. The lowest BCUT2D eigenvalue weighted by molar-refractivity contribution is -0.125. The fourth-order valence-corrected chi connectivity index (χ4v) is 2.00. The van der Waals surface area contributed by atoms with E-state index < -0.39 is 0 Å². The molecule has 1 aliphatic heterocycles. The van der Waals surface area contributed by atoms with Gasteiger partial charge in [-0.3, -0.25) is 14.5 Å². The Morgan fingerprint density at radius 2 is 2.20 bits per heavy atom. The second-order valence-corrected chi connectivity index (χ2v) is 5.44. The van der Waals surface area contributed by atoms with E-state index in [0.717, 1.165) is 5.56 Å². The summed E-state index contributed by atoms with van der Waals surface area (Å²) in [5.41, 5.74) is 1.69. The van der Waals surface area contributed by atoms with E-state index in [1.54, 1.807) is 0 Å². The topological polar surface area (TPSA) is 58.6 Å². The van der Waals surface area contributed by atoms with E-state index in [-0.39, 0.29) is 25.0 Å². The van der Waals surface area contributed by atoms with Gasteiger partial charge in [0.1, 0.15) is 12.3 Å². The highest BCUT2D eigenvalue weighted by molar-refractivity contribution is 6.02. The normalized spacial score (nSPS) is 14.0. The Kier molecular flexibility index (Phi) is 4.27. The first-order chi connectivity index (χ1) is 9.47. The van der Waals surface area contributed by atoms with Crippen molar-refractivity contribution in [1.82, 2.24) is 5.32 Å². The SMILES string of the molecule is Cc1ccc2c(c1)N(CC(=O)NCC(C)C)C(=O)CO2. The first kappa shape index (κ1) is 14.4. The molecule has 20 heavy (non-hydrogen) atoms. The van der Waals surface area contributed by atoms with E-state index in [2.05, 4.69) is 5.32 Å². The lowest BCUT2D eigenvalue weighted by atomic mass is 10.1. The monoisotopic (exact) mass is 276 g/mol. The number of amides is 2. The average Bonchev–Trinajstić information content (AvgIpc) is 2.40. The van der Waals surface area contributed by atoms with Crippen molar-refractivity contribution in [2.45, 2.75) is 20.8 Å². The van der Waals surface area contributed by atoms with Gasteiger partial charge in [0, 0.05) is 6.54 Å². The van der Waals surface area contributed by atoms with Crippen molar-refractivity contribution in [2.24, 2.45) is 5.92 Å². The Morgan fingerprint density at radius 3 is 2.90 bits per heavy atom. The molecule has 0 radical (unpaired) electrons. The summed E-state index contributed by atoms with van der Waals surface area (Å²) < 4.78 is 5.38. The molecule has 1 heterocycles. The molecular weight excluding hydrogens is 256 g/mol. The third kappa shape index (κ3) is 3.29. The fourth-order valence-electron chi connectivity index (χ4n) is 2.00. The van der Waals surface area contributed by atoms with Crippen molar-refractivity contribution in [1.29, 1.82) is 0 Å². The second-order valence-electron chi connectivity index (χ2n) is 5.44. The lowest BCUT2D eigenvalue weighted by Gasteiger charge is -2.29. The van der Waals surface area contributed by atoms with E-state index in [1.807, 2.05) is 39.0 Å². The Morgan fingerprint density at radius 1 is 1.45 bits per heavy atom. The molecule has 108 valence electrons. The van der Waals surface area contributed by atoms with Gasteiger partial charge in [0.25, 0.3) is 5.91 Å². The molecule has 1 aliphatic rings. The number of hydrogen-bond donors (Lipinski definition) is 1. The number of nitrogens with one attached hydrogen (secondary N) is 1. The van der Waals surface area contributed by atoms with Crippen LogP contribution in [0.2, 0.25) is 0 Å². The molecule has 0 aromatic heterocycles. The van der Waals surface area contributed by atoms with E-state index >= 15 is 0 Å². The van der Waals surface area contributed by atoms with Crippen LogP contribution in [0.1, 0.15) is 19.4 Å². The highest BCUT2D eigenvalue weighted by atomic mass is 16.5. The number of ether oxygens (including phenoxy) is 1. The van der Waals surface area contributed by atoms with Crippen LogP contribution in [0.25, 0.3) is 0 Å². The molecular formula is C15H20N2O3. The van der Waals surface area contributed by atoms with Gasteiger partial charge in [-0.05, 0) is 30.5 Å². The number of carbonyl (C=O) groups excluding carboxylic acids is 2. The van der Waals surface area contributed by atoms with Crippen LogP contribution in [-0.4, -0.2) is 31.5 Å². The zero-order valence-electron chi connectivity index (χ0n) is 12.1. The summed E-state index contributed by atoms with van der Waals surface area (Å²) in [4.78, 5) is 25.4. The molecule has 0 atom stereocenters. The lowest BCUT2D eigenvalue weighted by Crippen LogP contribution is -2.45. The maximum atomic E-state index is 12.0. The molecule has 0 bridgehead atoms. The minimum Gasteiger partial charge on any atom is -0.482 e. The van der Waals surface area contributed by atoms with Gasteiger partial charge in [-0.1, -0.05) is 19.9 Å². The first-order valence-corrected chi connectivity index (χ1v) is 6.78. The standard InChI is InChI=1S/C15H20N2O3/c1-10(2)7-16-14(18)8-17-12-6-11(3)4-5-13(12)20-9-15(17)19/h4-6,10H,7-9H2,1-3H3,(H,16,18). The molecule has 0 saturated carbocycles.